The minimum atomic E-state index is -1.14. The predicted octanol–water partition coefficient (Wildman–Crippen LogP) is -0.692. The van der Waals surface area contributed by atoms with Crippen LogP contribution in [0.3, 0.4) is 0 Å². The number of aliphatic hydroxyl groups is 1. The van der Waals surface area contributed by atoms with Crippen molar-refractivity contribution in [2.24, 2.45) is 5.73 Å². The van der Waals surface area contributed by atoms with E-state index >= 15 is 0 Å². The Kier molecular flexibility index (Phi) is 4.44. The Morgan fingerprint density at radius 3 is 2.52 bits per heavy atom. The first kappa shape index (κ1) is 15.3. The highest BCUT2D eigenvalue weighted by molar-refractivity contribution is 5.87. The molecule has 0 radical (unpaired) electrons. The highest BCUT2D eigenvalue weighted by atomic mass is 16.4. The number of benzene rings is 1. The molecular formula is C14H18N2O5. The number of nitrogens with two attached hydrogens (primary N) is 1. The van der Waals surface area contributed by atoms with Crippen molar-refractivity contribution in [3.8, 4) is 5.75 Å². The molecule has 21 heavy (non-hydrogen) atoms. The third-order valence-electron chi connectivity index (χ3n) is 3.56. The average molecular weight is 294 g/mol. The van der Waals surface area contributed by atoms with Gasteiger partial charge in [0.2, 0.25) is 5.91 Å². The lowest BCUT2D eigenvalue weighted by Gasteiger charge is -2.24. The Morgan fingerprint density at radius 1 is 1.33 bits per heavy atom. The summed E-state index contributed by atoms with van der Waals surface area (Å²) in [6.45, 7) is -0.0148. The van der Waals surface area contributed by atoms with Gasteiger partial charge in [0.25, 0.3) is 0 Å². The van der Waals surface area contributed by atoms with E-state index in [0.29, 0.717) is 0 Å². The van der Waals surface area contributed by atoms with Crippen LogP contribution in [0.2, 0.25) is 0 Å². The van der Waals surface area contributed by atoms with Crippen LogP contribution in [0.25, 0.3) is 0 Å². The van der Waals surface area contributed by atoms with Gasteiger partial charge in [0.1, 0.15) is 11.8 Å². The number of carbonyl (C=O) groups excluding carboxylic acids is 1. The Morgan fingerprint density at radius 2 is 1.95 bits per heavy atom. The first-order valence-corrected chi connectivity index (χ1v) is 6.63. The fourth-order valence-corrected chi connectivity index (χ4v) is 2.48. The smallest absolute Gasteiger partial charge is 0.326 e. The summed E-state index contributed by atoms with van der Waals surface area (Å²) in [5, 5.41) is 27.8. The van der Waals surface area contributed by atoms with Gasteiger partial charge in [0.05, 0.1) is 12.1 Å². The molecule has 0 spiro atoms. The van der Waals surface area contributed by atoms with E-state index in [1.54, 1.807) is 12.1 Å². The van der Waals surface area contributed by atoms with Crippen LogP contribution in [-0.4, -0.2) is 56.8 Å². The molecule has 2 unspecified atom stereocenters. The van der Waals surface area contributed by atoms with Crippen molar-refractivity contribution in [1.29, 1.82) is 0 Å². The summed E-state index contributed by atoms with van der Waals surface area (Å²) < 4.78 is 0. The number of carbonyl (C=O) groups is 2. The van der Waals surface area contributed by atoms with E-state index in [4.69, 9.17) is 10.8 Å². The van der Waals surface area contributed by atoms with Crippen molar-refractivity contribution in [1.82, 2.24) is 4.90 Å². The lowest BCUT2D eigenvalue weighted by atomic mass is 10.0. The van der Waals surface area contributed by atoms with Gasteiger partial charge in [-0.25, -0.2) is 4.79 Å². The largest absolute Gasteiger partial charge is 0.508 e. The SMILES string of the molecule is N[C@@H](Cc1ccc(O)cc1)C(=O)N1CC(O)CC1C(=O)O. The molecule has 114 valence electrons. The number of phenols is 1. The average Bonchev–Trinajstić information content (AvgIpc) is 2.82. The Labute approximate surface area is 121 Å². The van der Waals surface area contributed by atoms with E-state index in [-0.39, 0.29) is 25.1 Å². The molecule has 1 heterocycles. The molecule has 0 aliphatic carbocycles. The summed E-state index contributed by atoms with van der Waals surface area (Å²) in [4.78, 5) is 24.5. The first-order valence-electron chi connectivity index (χ1n) is 6.63. The summed E-state index contributed by atoms with van der Waals surface area (Å²) in [6.07, 6.45) is -0.582. The number of carboxylic acid groups (broad SMARTS) is 1. The number of aromatic hydroxyl groups is 1. The van der Waals surface area contributed by atoms with Gasteiger partial charge in [-0.3, -0.25) is 4.79 Å². The van der Waals surface area contributed by atoms with Gasteiger partial charge in [-0.15, -0.1) is 0 Å². The van der Waals surface area contributed by atoms with E-state index in [0.717, 1.165) is 10.5 Å². The number of β-amino-alcohol motifs (C(OH)–C–C–N with tert-alkyl or cyclic N) is 1. The number of hydrogen-bond acceptors (Lipinski definition) is 5. The molecule has 1 aromatic carbocycles. The molecule has 1 aliphatic heterocycles. The number of likely N-dealkylation sites (tertiary alicyclic amines) is 1. The second-order valence-corrected chi connectivity index (χ2v) is 5.21. The number of rotatable bonds is 4. The van der Waals surface area contributed by atoms with Crippen molar-refractivity contribution >= 4 is 11.9 Å². The van der Waals surface area contributed by atoms with Crippen molar-refractivity contribution in [3.63, 3.8) is 0 Å². The monoisotopic (exact) mass is 294 g/mol. The topological polar surface area (TPSA) is 124 Å². The van der Waals surface area contributed by atoms with Gasteiger partial charge in [-0.05, 0) is 24.1 Å². The molecule has 1 saturated heterocycles. The first-order chi connectivity index (χ1) is 9.88. The molecular weight excluding hydrogens is 276 g/mol. The van der Waals surface area contributed by atoms with Gasteiger partial charge in [0.15, 0.2) is 0 Å². The fourth-order valence-electron chi connectivity index (χ4n) is 2.48. The third-order valence-corrected chi connectivity index (χ3v) is 3.56. The Balaban J connectivity index is 2.04. The normalized spacial score (nSPS) is 23.0. The van der Waals surface area contributed by atoms with Crippen LogP contribution in [-0.2, 0) is 16.0 Å². The van der Waals surface area contributed by atoms with Gasteiger partial charge in [0, 0.05) is 13.0 Å². The van der Waals surface area contributed by atoms with E-state index < -0.39 is 30.1 Å². The molecule has 1 fully saturated rings. The highest BCUT2D eigenvalue weighted by Gasteiger charge is 2.40. The molecule has 0 aromatic heterocycles. The Hall–Kier alpha value is -2.12. The van der Waals surface area contributed by atoms with Crippen LogP contribution in [0, 0.1) is 0 Å². The summed E-state index contributed by atoms with van der Waals surface area (Å²) >= 11 is 0. The fraction of sp³-hybridized carbons (Fsp3) is 0.429. The van der Waals surface area contributed by atoms with E-state index in [9.17, 15) is 19.8 Å². The number of hydrogen-bond donors (Lipinski definition) is 4. The molecule has 2 rings (SSSR count). The summed E-state index contributed by atoms with van der Waals surface area (Å²) in [5.41, 5.74) is 6.61. The minimum absolute atomic E-state index is 0.0148. The number of amides is 1. The molecule has 7 nitrogen and oxygen atoms in total. The van der Waals surface area contributed by atoms with E-state index in [1.165, 1.54) is 12.1 Å². The highest BCUT2D eigenvalue weighted by Crippen LogP contribution is 2.20. The third kappa shape index (κ3) is 3.50. The molecule has 1 aromatic rings. The van der Waals surface area contributed by atoms with Crippen LogP contribution < -0.4 is 5.73 Å². The zero-order chi connectivity index (χ0) is 15.6. The second-order valence-electron chi connectivity index (χ2n) is 5.21. The second kappa shape index (κ2) is 6.11. The van der Waals surface area contributed by atoms with Gasteiger partial charge >= 0.3 is 5.97 Å². The van der Waals surface area contributed by atoms with Crippen molar-refractivity contribution < 1.29 is 24.9 Å². The van der Waals surface area contributed by atoms with Crippen LogP contribution in [0.1, 0.15) is 12.0 Å². The van der Waals surface area contributed by atoms with Gasteiger partial charge in [-0.2, -0.15) is 0 Å². The number of carboxylic acids is 1. The maximum absolute atomic E-state index is 12.3. The number of phenolic OH excluding ortho intramolecular Hbond substituents is 1. The van der Waals surface area contributed by atoms with Crippen LogP contribution in [0.15, 0.2) is 24.3 Å². The molecule has 7 heteroatoms. The zero-order valence-electron chi connectivity index (χ0n) is 11.3. The number of aliphatic hydroxyl groups excluding tert-OH is 1. The van der Waals surface area contributed by atoms with E-state index in [1.807, 2.05) is 0 Å². The van der Waals surface area contributed by atoms with Gasteiger partial charge in [-0.1, -0.05) is 12.1 Å². The molecule has 0 saturated carbocycles. The summed E-state index contributed by atoms with van der Waals surface area (Å²) in [5.74, 6) is -1.52. The molecule has 3 atom stereocenters. The number of aliphatic carboxylic acids is 1. The summed E-state index contributed by atoms with van der Waals surface area (Å²) in [7, 11) is 0. The maximum atomic E-state index is 12.3. The van der Waals surface area contributed by atoms with Crippen molar-refractivity contribution in [3.05, 3.63) is 29.8 Å². The zero-order valence-corrected chi connectivity index (χ0v) is 11.3. The number of nitrogens with zero attached hydrogens (tertiary/aromatic N) is 1. The lowest BCUT2D eigenvalue weighted by Crippen LogP contribution is -2.49. The van der Waals surface area contributed by atoms with Crippen molar-refractivity contribution in [2.45, 2.75) is 31.0 Å². The van der Waals surface area contributed by atoms with Gasteiger partial charge < -0.3 is 26.0 Å². The van der Waals surface area contributed by atoms with Crippen LogP contribution in [0.5, 0.6) is 5.75 Å². The maximum Gasteiger partial charge on any atom is 0.326 e. The lowest BCUT2D eigenvalue weighted by molar-refractivity contribution is -0.148. The quantitative estimate of drug-likeness (QED) is 0.582. The Bertz CT molecular complexity index is 531. The van der Waals surface area contributed by atoms with Crippen molar-refractivity contribution in [2.75, 3.05) is 6.54 Å². The summed E-state index contributed by atoms with van der Waals surface area (Å²) in [6, 6.07) is 4.37. The predicted molar refractivity (Wildman–Crippen MR) is 73.5 cm³/mol. The minimum Gasteiger partial charge on any atom is -0.508 e. The van der Waals surface area contributed by atoms with E-state index in [2.05, 4.69) is 0 Å². The molecule has 1 amide bonds. The van der Waals surface area contributed by atoms with Crippen LogP contribution in [0.4, 0.5) is 0 Å². The van der Waals surface area contributed by atoms with Crippen LogP contribution >= 0.6 is 0 Å². The molecule has 5 N–H and O–H groups in total. The molecule has 1 aliphatic rings. The standard InChI is InChI=1S/C14H18N2O5/c15-11(5-8-1-3-9(17)4-2-8)13(19)16-7-10(18)6-12(16)14(20)21/h1-4,10-12,17-18H,5-7,15H2,(H,20,21)/t10?,11-,12?/m0/s1. The molecule has 0 bridgehead atoms.